The summed E-state index contributed by atoms with van der Waals surface area (Å²) in [5, 5.41) is 5.54. The van der Waals surface area contributed by atoms with E-state index in [1.54, 1.807) is 0 Å². The topological polar surface area (TPSA) is 77.1 Å². The first-order valence-corrected chi connectivity index (χ1v) is 8.32. The highest BCUT2D eigenvalue weighted by Crippen LogP contribution is 2.29. The van der Waals surface area contributed by atoms with Crippen LogP contribution in [0.1, 0.15) is 11.1 Å². The number of halogens is 4. The zero-order valence-corrected chi connectivity index (χ0v) is 15.1. The number of amides is 1. The monoisotopic (exact) mass is 411 g/mol. The Labute approximate surface area is 161 Å². The second kappa shape index (κ2) is 7.51. The average Bonchev–Trinajstić information content (AvgIpc) is 3.06. The van der Waals surface area contributed by atoms with Gasteiger partial charge in [0.2, 0.25) is 11.8 Å². The fourth-order valence-electron chi connectivity index (χ4n) is 2.40. The van der Waals surface area contributed by atoms with Crippen molar-refractivity contribution in [1.29, 1.82) is 0 Å². The van der Waals surface area contributed by atoms with Crippen LogP contribution in [0.2, 0.25) is 5.02 Å². The predicted molar refractivity (Wildman–Crippen MR) is 96.0 cm³/mol. The summed E-state index contributed by atoms with van der Waals surface area (Å²) >= 11 is 5.56. The fraction of sp³-hybridized carbons (Fsp3) is 0.167. The van der Waals surface area contributed by atoms with Crippen LogP contribution < -0.4 is 10.9 Å². The number of alkyl halides is 3. The lowest BCUT2D eigenvalue weighted by molar-refractivity contribution is -0.138. The summed E-state index contributed by atoms with van der Waals surface area (Å²) in [5.74, 6) is -0.782. The molecule has 1 N–H and O–H groups in total. The van der Waals surface area contributed by atoms with Crippen molar-refractivity contribution < 1.29 is 22.5 Å². The molecule has 0 saturated carbocycles. The largest absolute Gasteiger partial charge is 0.417 e. The molecule has 0 saturated heterocycles. The van der Waals surface area contributed by atoms with Gasteiger partial charge in [0.05, 0.1) is 5.56 Å². The van der Waals surface area contributed by atoms with Crippen molar-refractivity contribution in [3.63, 3.8) is 0 Å². The molecule has 0 radical (unpaired) electrons. The van der Waals surface area contributed by atoms with E-state index in [4.69, 9.17) is 16.1 Å². The van der Waals surface area contributed by atoms with Crippen molar-refractivity contribution in [2.45, 2.75) is 19.6 Å². The Kier molecular flexibility index (Phi) is 5.28. The molecule has 2 heterocycles. The number of aryl methyl sites for hydroxylation is 1. The van der Waals surface area contributed by atoms with Gasteiger partial charge in [0.1, 0.15) is 17.3 Å². The summed E-state index contributed by atoms with van der Waals surface area (Å²) in [5.41, 5.74) is 0.241. The van der Waals surface area contributed by atoms with Gasteiger partial charge >= 0.3 is 6.18 Å². The molecule has 0 spiro atoms. The minimum Gasteiger partial charge on any atom is -0.338 e. The highest BCUT2D eigenvalue weighted by Gasteiger charge is 2.32. The smallest absolute Gasteiger partial charge is 0.338 e. The van der Waals surface area contributed by atoms with Crippen LogP contribution in [0.3, 0.4) is 0 Å². The van der Waals surface area contributed by atoms with Gasteiger partial charge in [-0.25, -0.2) is 0 Å². The highest BCUT2D eigenvalue weighted by molar-refractivity contribution is 6.30. The second-order valence-corrected chi connectivity index (χ2v) is 6.41. The molecule has 0 fully saturated rings. The molecule has 6 nitrogen and oxygen atoms in total. The second-order valence-electron chi connectivity index (χ2n) is 6.00. The molecule has 3 aromatic rings. The summed E-state index contributed by atoms with van der Waals surface area (Å²) < 4.78 is 44.2. The number of nitrogens with zero attached hydrogens (tertiary/aromatic N) is 2. The van der Waals surface area contributed by atoms with Gasteiger partial charge in [-0.15, -0.1) is 0 Å². The van der Waals surface area contributed by atoms with Crippen LogP contribution in [0.25, 0.3) is 11.3 Å². The molecule has 1 amide bonds. The molecular weight excluding hydrogens is 399 g/mol. The molecule has 28 heavy (non-hydrogen) atoms. The van der Waals surface area contributed by atoms with Crippen LogP contribution in [0.4, 0.5) is 19.1 Å². The Hall–Kier alpha value is -3.07. The van der Waals surface area contributed by atoms with E-state index in [2.05, 4.69) is 10.5 Å². The van der Waals surface area contributed by atoms with Crippen LogP contribution >= 0.6 is 11.6 Å². The van der Waals surface area contributed by atoms with Gasteiger partial charge in [-0.05, 0) is 13.0 Å². The van der Waals surface area contributed by atoms with Crippen LogP contribution in [0.15, 0.2) is 51.9 Å². The Bertz CT molecular complexity index is 1070. The van der Waals surface area contributed by atoms with Crippen LogP contribution in [-0.4, -0.2) is 15.6 Å². The van der Waals surface area contributed by atoms with E-state index < -0.39 is 34.8 Å². The Morgan fingerprint density at radius 2 is 1.93 bits per heavy atom. The number of benzene rings is 1. The summed E-state index contributed by atoms with van der Waals surface area (Å²) in [4.78, 5) is 24.0. The fourth-order valence-corrected chi connectivity index (χ4v) is 2.62. The maximum Gasteiger partial charge on any atom is 0.417 e. The molecule has 3 rings (SSSR count). The SMILES string of the molecule is Cc1ccc(-c2cc(NC(=O)Cn3cc(C(F)(F)F)cc(Cl)c3=O)on2)cc1. The maximum atomic E-state index is 12.9. The third-order valence-corrected chi connectivity index (χ3v) is 4.07. The van der Waals surface area contributed by atoms with Gasteiger partial charge in [0, 0.05) is 17.8 Å². The van der Waals surface area contributed by atoms with E-state index in [1.807, 2.05) is 31.2 Å². The van der Waals surface area contributed by atoms with E-state index in [-0.39, 0.29) is 5.88 Å². The number of aromatic nitrogens is 2. The van der Waals surface area contributed by atoms with Gasteiger partial charge in [-0.1, -0.05) is 46.6 Å². The molecule has 2 aromatic heterocycles. The molecule has 0 atom stereocenters. The lowest BCUT2D eigenvalue weighted by atomic mass is 10.1. The molecule has 0 aliphatic heterocycles. The minimum absolute atomic E-state index is 0.00769. The Morgan fingerprint density at radius 3 is 2.57 bits per heavy atom. The molecule has 0 bridgehead atoms. The standard InChI is InChI=1S/C18H13ClF3N3O3/c1-10-2-4-11(5-3-10)14-7-16(28-24-14)23-15(26)9-25-8-12(18(20,21)22)6-13(19)17(25)27/h2-8H,9H2,1H3,(H,23,26). The average molecular weight is 412 g/mol. The van der Waals surface area contributed by atoms with Crippen molar-refractivity contribution in [3.05, 3.63) is 69.1 Å². The number of carbonyl (C=O) groups excluding carboxylic acids is 1. The van der Waals surface area contributed by atoms with Gasteiger partial charge < -0.3 is 9.09 Å². The van der Waals surface area contributed by atoms with Gasteiger partial charge in [0.15, 0.2) is 0 Å². The van der Waals surface area contributed by atoms with Gasteiger partial charge in [0.25, 0.3) is 5.56 Å². The third-order valence-electron chi connectivity index (χ3n) is 3.80. The Balaban J connectivity index is 1.75. The number of nitrogens with one attached hydrogen (secondary N) is 1. The number of hydrogen-bond donors (Lipinski definition) is 1. The summed E-state index contributed by atoms with van der Waals surface area (Å²) in [6, 6.07) is 9.39. The molecule has 1 aromatic carbocycles. The van der Waals surface area contributed by atoms with Crippen molar-refractivity contribution >= 4 is 23.4 Å². The summed E-state index contributed by atoms with van der Waals surface area (Å²) in [6.07, 6.45) is -4.17. The molecule has 146 valence electrons. The first-order chi connectivity index (χ1) is 13.1. The minimum atomic E-state index is -4.70. The molecule has 0 unspecified atom stereocenters. The quantitative estimate of drug-likeness (QED) is 0.700. The number of hydrogen-bond acceptors (Lipinski definition) is 4. The van der Waals surface area contributed by atoms with E-state index >= 15 is 0 Å². The molecule has 0 aliphatic carbocycles. The first kappa shape index (κ1) is 19.7. The summed E-state index contributed by atoms with van der Waals surface area (Å²) in [7, 11) is 0. The van der Waals surface area contributed by atoms with Crippen LogP contribution in [0.5, 0.6) is 0 Å². The van der Waals surface area contributed by atoms with Gasteiger partial charge in [-0.2, -0.15) is 13.2 Å². The van der Waals surface area contributed by atoms with Crippen molar-refractivity contribution in [3.8, 4) is 11.3 Å². The Morgan fingerprint density at radius 1 is 1.25 bits per heavy atom. The van der Waals surface area contributed by atoms with Crippen LogP contribution in [0, 0.1) is 6.92 Å². The van der Waals surface area contributed by atoms with Crippen molar-refractivity contribution in [2.24, 2.45) is 0 Å². The third kappa shape index (κ3) is 4.42. The first-order valence-electron chi connectivity index (χ1n) is 7.94. The highest BCUT2D eigenvalue weighted by atomic mass is 35.5. The number of pyridine rings is 1. The number of carbonyl (C=O) groups is 1. The van der Waals surface area contributed by atoms with Crippen LogP contribution in [-0.2, 0) is 17.5 Å². The molecular formula is C18H13ClF3N3O3. The zero-order chi connectivity index (χ0) is 20.5. The number of rotatable bonds is 4. The zero-order valence-electron chi connectivity index (χ0n) is 14.4. The number of anilines is 1. The lowest BCUT2D eigenvalue weighted by Gasteiger charge is -2.11. The predicted octanol–water partition coefficient (Wildman–Crippen LogP) is 4.12. The van der Waals surface area contributed by atoms with Crippen molar-refractivity contribution in [1.82, 2.24) is 9.72 Å². The van der Waals surface area contributed by atoms with Crippen molar-refractivity contribution in [2.75, 3.05) is 5.32 Å². The van der Waals surface area contributed by atoms with Gasteiger partial charge in [-0.3, -0.25) is 14.9 Å². The molecule has 0 aliphatic rings. The summed E-state index contributed by atoms with van der Waals surface area (Å²) in [6.45, 7) is 1.25. The molecule has 10 heteroatoms. The van der Waals surface area contributed by atoms with E-state index in [1.165, 1.54) is 6.07 Å². The van der Waals surface area contributed by atoms with E-state index in [9.17, 15) is 22.8 Å². The maximum absolute atomic E-state index is 12.9. The normalized spacial score (nSPS) is 11.5. The van der Waals surface area contributed by atoms with E-state index in [0.717, 1.165) is 11.1 Å². The van der Waals surface area contributed by atoms with E-state index in [0.29, 0.717) is 22.5 Å². The lowest BCUT2D eigenvalue weighted by Crippen LogP contribution is -2.29.